The zero-order chi connectivity index (χ0) is 7.44. The van der Waals surface area contributed by atoms with Crippen LogP contribution in [0.3, 0.4) is 0 Å². The minimum Gasteiger partial charge on any atom is -0.298 e. The lowest BCUT2D eigenvalue weighted by atomic mass is 10.1. The van der Waals surface area contributed by atoms with Crippen molar-refractivity contribution < 1.29 is 4.79 Å². The van der Waals surface area contributed by atoms with E-state index in [1.165, 1.54) is 0 Å². The molecule has 9 heavy (non-hydrogen) atoms. The van der Waals surface area contributed by atoms with E-state index >= 15 is 0 Å². The first-order valence-corrected chi connectivity index (χ1v) is 4.12. The molecule has 0 amide bonds. The molecular formula is C7H13BrO. The summed E-state index contributed by atoms with van der Waals surface area (Å²) in [6.45, 7) is 5.96. The molecule has 54 valence electrons. The maximum Gasteiger partial charge on any atom is 0.146 e. The van der Waals surface area contributed by atoms with Crippen LogP contribution in [0.4, 0.5) is 0 Å². The Bertz CT molecular complexity index is 97.1. The zero-order valence-corrected chi connectivity index (χ0v) is 7.73. The Balaban J connectivity index is 3.51. The lowest BCUT2D eigenvalue weighted by Gasteiger charge is -2.03. The van der Waals surface area contributed by atoms with Crippen LogP contribution in [0.2, 0.25) is 0 Å². The van der Waals surface area contributed by atoms with Crippen LogP contribution in [-0.4, -0.2) is 10.6 Å². The molecule has 0 heterocycles. The average Bonchev–Trinajstić information content (AvgIpc) is 1.63. The van der Waals surface area contributed by atoms with Gasteiger partial charge in [0, 0.05) is 6.42 Å². The highest BCUT2D eigenvalue weighted by Gasteiger charge is 2.09. The number of Topliss-reactive ketones (excluding diaryl/α,β-unsaturated/α-hetero) is 1. The van der Waals surface area contributed by atoms with Crippen LogP contribution >= 0.6 is 15.9 Å². The van der Waals surface area contributed by atoms with Crippen LogP contribution in [0.5, 0.6) is 0 Å². The lowest BCUT2D eigenvalue weighted by Crippen LogP contribution is -2.11. The quantitative estimate of drug-likeness (QED) is 0.629. The van der Waals surface area contributed by atoms with E-state index in [0.717, 1.165) is 0 Å². The molecular weight excluding hydrogens is 180 g/mol. The Labute approximate surface area is 65.0 Å². The van der Waals surface area contributed by atoms with Gasteiger partial charge in [0.2, 0.25) is 0 Å². The van der Waals surface area contributed by atoms with Crippen molar-refractivity contribution in [2.75, 3.05) is 0 Å². The minimum atomic E-state index is 0.0277. The third kappa shape index (κ3) is 4.64. The second kappa shape index (κ2) is 4.04. The lowest BCUT2D eigenvalue weighted by molar-refractivity contribution is -0.118. The number of carbonyl (C=O) groups excluding carboxylic acids is 1. The van der Waals surface area contributed by atoms with E-state index in [0.29, 0.717) is 18.1 Å². The molecule has 1 atom stereocenters. The SMILES string of the molecule is CC(C)CC(=O)C(C)Br. The third-order valence-electron chi connectivity index (χ3n) is 1.05. The molecule has 0 radical (unpaired) electrons. The van der Waals surface area contributed by atoms with E-state index < -0.39 is 0 Å². The molecule has 0 aliphatic carbocycles. The molecule has 0 aromatic rings. The predicted octanol–water partition coefficient (Wildman–Crippen LogP) is 2.39. The Morgan fingerprint density at radius 1 is 1.44 bits per heavy atom. The molecule has 0 N–H and O–H groups in total. The molecule has 0 fully saturated rings. The first-order valence-electron chi connectivity index (χ1n) is 3.20. The highest BCUT2D eigenvalue weighted by Crippen LogP contribution is 2.07. The van der Waals surface area contributed by atoms with Gasteiger partial charge in [-0.25, -0.2) is 0 Å². The second-order valence-corrected chi connectivity index (χ2v) is 4.05. The Kier molecular flexibility index (Phi) is 4.11. The monoisotopic (exact) mass is 192 g/mol. The van der Waals surface area contributed by atoms with Crippen molar-refractivity contribution in [1.29, 1.82) is 0 Å². The molecule has 0 aromatic carbocycles. The van der Waals surface area contributed by atoms with Gasteiger partial charge in [-0.15, -0.1) is 0 Å². The third-order valence-corrected chi connectivity index (χ3v) is 1.56. The summed E-state index contributed by atoms with van der Waals surface area (Å²) in [5.41, 5.74) is 0. The van der Waals surface area contributed by atoms with Crippen molar-refractivity contribution in [1.82, 2.24) is 0 Å². The molecule has 0 saturated carbocycles. The van der Waals surface area contributed by atoms with E-state index in [1.54, 1.807) is 0 Å². The van der Waals surface area contributed by atoms with E-state index in [1.807, 2.05) is 20.8 Å². The molecule has 0 aliphatic rings. The summed E-state index contributed by atoms with van der Waals surface area (Å²) in [5.74, 6) is 0.780. The van der Waals surface area contributed by atoms with Crippen molar-refractivity contribution in [3.8, 4) is 0 Å². The van der Waals surface area contributed by atoms with Gasteiger partial charge in [-0.05, 0) is 12.8 Å². The van der Waals surface area contributed by atoms with Crippen LogP contribution in [0.1, 0.15) is 27.2 Å². The van der Waals surface area contributed by atoms with E-state index in [-0.39, 0.29) is 4.83 Å². The van der Waals surface area contributed by atoms with Crippen molar-refractivity contribution in [2.24, 2.45) is 5.92 Å². The van der Waals surface area contributed by atoms with Gasteiger partial charge in [0.25, 0.3) is 0 Å². The Hall–Kier alpha value is 0.150. The molecule has 2 heteroatoms. The van der Waals surface area contributed by atoms with Crippen molar-refractivity contribution >= 4 is 21.7 Å². The van der Waals surface area contributed by atoms with E-state index in [9.17, 15) is 4.79 Å². The minimum absolute atomic E-state index is 0.0277. The normalized spacial score (nSPS) is 13.9. The highest BCUT2D eigenvalue weighted by molar-refractivity contribution is 9.10. The molecule has 1 nitrogen and oxygen atoms in total. The Morgan fingerprint density at radius 2 is 1.89 bits per heavy atom. The average molecular weight is 193 g/mol. The number of hydrogen-bond acceptors (Lipinski definition) is 1. The largest absolute Gasteiger partial charge is 0.298 e. The topological polar surface area (TPSA) is 17.1 Å². The summed E-state index contributed by atoms with van der Waals surface area (Å²) in [6, 6.07) is 0. The number of carbonyl (C=O) groups is 1. The van der Waals surface area contributed by atoms with Gasteiger partial charge in [-0.2, -0.15) is 0 Å². The number of alkyl halides is 1. The first-order chi connectivity index (χ1) is 4.04. The number of rotatable bonds is 3. The van der Waals surface area contributed by atoms with Crippen LogP contribution < -0.4 is 0 Å². The molecule has 0 aromatic heterocycles. The van der Waals surface area contributed by atoms with Crippen LogP contribution in [0.15, 0.2) is 0 Å². The maximum absolute atomic E-state index is 10.9. The smallest absolute Gasteiger partial charge is 0.146 e. The summed E-state index contributed by atoms with van der Waals surface area (Å²) < 4.78 is 0. The zero-order valence-electron chi connectivity index (χ0n) is 6.15. The first kappa shape index (κ1) is 9.15. The summed E-state index contributed by atoms with van der Waals surface area (Å²) in [4.78, 5) is 10.9. The maximum atomic E-state index is 10.9. The molecule has 0 aliphatic heterocycles. The number of halogens is 1. The molecule has 0 spiro atoms. The van der Waals surface area contributed by atoms with Gasteiger partial charge in [-0.1, -0.05) is 29.8 Å². The van der Waals surface area contributed by atoms with E-state index in [2.05, 4.69) is 15.9 Å². The fourth-order valence-electron chi connectivity index (χ4n) is 0.565. The summed E-state index contributed by atoms with van der Waals surface area (Å²) in [6.07, 6.45) is 0.687. The van der Waals surface area contributed by atoms with Crippen molar-refractivity contribution in [2.45, 2.75) is 32.0 Å². The summed E-state index contributed by atoms with van der Waals surface area (Å²) in [5, 5.41) is 0. The van der Waals surface area contributed by atoms with Crippen LogP contribution in [0, 0.1) is 5.92 Å². The molecule has 1 unspecified atom stereocenters. The van der Waals surface area contributed by atoms with Crippen LogP contribution in [0.25, 0.3) is 0 Å². The number of hydrogen-bond donors (Lipinski definition) is 0. The van der Waals surface area contributed by atoms with Crippen LogP contribution in [-0.2, 0) is 4.79 Å². The number of ketones is 1. The van der Waals surface area contributed by atoms with Gasteiger partial charge in [0.1, 0.15) is 5.78 Å². The van der Waals surface area contributed by atoms with Gasteiger partial charge in [0.15, 0.2) is 0 Å². The van der Waals surface area contributed by atoms with Crippen molar-refractivity contribution in [3.63, 3.8) is 0 Å². The second-order valence-electron chi connectivity index (χ2n) is 2.68. The van der Waals surface area contributed by atoms with Crippen molar-refractivity contribution in [3.05, 3.63) is 0 Å². The highest BCUT2D eigenvalue weighted by atomic mass is 79.9. The van der Waals surface area contributed by atoms with Gasteiger partial charge in [-0.3, -0.25) is 4.79 Å². The molecule has 0 bridgehead atoms. The fraction of sp³-hybridized carbons (Fsp3) is 0.857. The predicted molar refractivity (Wildman–Crippen MR) is 42.9 cm³/mol. The van der Waals surface area contributed by atoms with Gasteiger partial charge < -0.3 is 0 Å². The Morgan fingerprint density at radius 3 is 2.00 bits per heavy atom. The fourth-order valence-corrected chi connectivity index (χ4v) is 0.752. The molecule has 0 rings (SSSR count). The summed E-state index contributed by atoms with van der Waals surface area (Å²) in [7, 11) is 0. The standard InChI is InChI=1S/C7H13BrO/c1-5(2)4-7(9)6(3)8/h5-6H,4H2,1-3H3. The summed E-state index contributed by atoms with van der Waals surface area (Å²) >= 11 is 3.22. The van der Waals surface area contributed by atoms with Gasteiger partial charge >= 0.3 is 0 Å². The van der Waals surface area contributed by atoms with E-state index in [4.69, 9.17) is 0 Å². The van der Waals surface area contributed by atoms with Gasteiger partial charge in [0.05, 0.1) is 4.83 Å². The molecule has 0 saturated heterocycles.